The Hall–Kier alpha value is -1.46. The van der Waals surface area contributed by atoms with E-state index in [0.717, 1.165) is 25.1 Å². The standard InChI is InChI=1S/C15H21NO/c1-3-5-9-14(16-12-4-2)13-17-15-10-7-6-8-11-15/h6-8,10-11,14,16H,4,9,12-13H2,1-2H3. The van der Waals surface area contributed by atoms with E-state index in [1.54, 1.807) is 0 Å². The molecule has 0 aliphatic rings. The van der Waals surface area contributed by atoms with Gasteiger partial charge >= 0.3 is 0 Å². The molecule has 0 saturated carbocycles. The van der Waals surface area contributed by atoms with Crippen molar-refractivity contribution in [1.29, 1.82) is 0 Å². The van der Waals surface area contributed by atoms with Crippen LogP contribution >= 0.6 is 0 Å². The summed E-state index contributed by atoms with van der Waals surface area (Å²) in [6, 6.07) is 10.2. The lowest BCUT2D eigenvalue weighted by Crippen LogP contribution is -2.34. The quantitative estimate of drug-likeness (QED) is 0.729. The lowest BCUT2D eigenvalue weighted by atomic mass is 10.2. The van der Waals surface area contributed by atoms with Crippen LogP contribution in [0.3, 0.4) is 0 Å². The molecule has 92 valence electrons. The van der Waals surface area contributed by atoms with E-state index >= 15 is 0 Å². The number of ether oxygens (including phenoxy) is 1. The number of hydrogen-bond donors (Lipinski definition) is 1. The third-order valence-electron chi connectivity index (χ3n) is 2.40. The van der Waals surface area contributed by atoms with Gasteiger partial charge in [-0.3, -0.25) is 0 Å². The lowest BCUT2D eigenvalue weighted by molar-refractivity contribution is 0.266. The summed E-state index contributed by atoms with van der Waals surface area (Å²) in [6.45, 7) is 5.70. The van der Waals surface area contributed by atoms with Crippen molar-refractivity contribution >= 4 is 0 Å². The highest BCUT2D eigenvalue weighted by molar-refractivity contribution is 5.21. The predicted molar refractivity (Wildman–Crippen MR) is 72.1 cm³/mol. The van der Waals surface area contributed by atoms with Crippen molar-refractivity contribution in [2.24, 2.45) is 0 Å². The zero-order chi connectivity index (χ0) is 12.3. The molecule has 0 aromatic heterocycles. The predicted octanol–water partition coefficient (Wildman–Crippen LogP) is 2.85. The maximum Gasteiger partial charge on any atom is 0.119 e. The summed E-state index contributed by atoms with van der Waals surface area (Å²) >= 11 is 0. The Morgan fingerprint density at radius 3 is 2.71 bits per heavy atom. The van der Waals surface area contributed by atoms with Gasteiger partial charge in [-0.15, -0.1) is 11.8 Å². The van der Waals surface area contributed by atoms with Crippen LogP contribution in [0.25, 0.3) is 0 Å². The summed E-state index contributed by atoms with van der Waals surface area (Å²) < 4.78 is 5.73. The third-order valence-corrected chi connectivity index (χ3v) is 2.40. The number of para-hydroxylation sites is 1. The van der Waals surface area contributed by atoms with Crippen LogP contribution in [0.15, 0.2) is 30.3 Å². The summed E-state index contributed by atoms with van der Waals surface area (Å²) in [7, 11) is 0. The van der Waals surface area contributed by atoms with E-state index < -0.39 is 0 Å². The van der Waals surface area contributed by atoms with Gasteiger partial charge in [-0.25, -0.2) is 0 Å². The van der Waals surface area contributed by atoms with Gasteiger partial charge in [0, 0.05) is 6.42 Å². The first-order valence-electron chi connectivity index (χ1n) is 6.17. The lowest BCUT2D eigenvalue weighted by Gasteiger charge is -2.16. The summed E-state index contributed by atoms with van der Waals surface area (Å²) in [5, 5.41) is 3.45. The molecule has 1 aromatic carbocycles. The van der Waals surface area contributed by atoms with Crippen molar-refractivity contribution in [3.05, 3.63) is 30.3 Å². The summed E-state index contributed by atoms with van der Waals surface area (Å²) in [5.41, 5.74) is 0. The third kappa shape index (κ3) is 5.99. The SMILES string of the molecule is CC#CCC(COc1ccccc1)NCCC. The summed E-state index contributed by atoms with van der Waals surface area (Å²) in [6.07, 6.45) is 1.96. The highest BCUT2D eigenvalue weighted by Gasteiger charge is 2.06. The Morgan fingerprint density at radius 1 is 1.29 bits per heavy atom. The molecule has 0 radical (unpaired) electrons. The fourth-order valence-corrected chi connectivity index (χ4v) is 1.48. The van der Waals surface area contributed by atoms with Crippen LogP contribution in [0, 0.1) is 11.8 Å². The molecule has 17 heavy (non-hydrogen) atoms. The second-order valence-electron chi connectivity index (χ2n) is 3.91. The minimum atomic E-state index is 0.308. The highest BCUT2D eigenvalue weighted by atomic mass is 16.5. The average Bonchev–Trinajstić information content (AvgIpc) is 2.39. The zero-order valence-electron chi connectivity index (χ0n) is 10.7. The summed E-state index contributed by atoms with van der Waals surface area (Å²) in [5.74, 6) is 6.95. The first-order chi connectivity index (χ1) is 8.36. The Kier molecular flexibility index (Phi) is 6.93. The molecule has 0 aliphatic heterocycles. The van der Waals surface area contributed by atoms with Crippen LogP contribution < -0.4 is 10.1 Å². The first kappa shape index (κ1) is 13.6. The number of hydrogen-bond acceptors (Lipinski definition) is 2. The smallest absolute Gasteiger partial charge is 0.119 e. The number of nitrogens with one attached hydrogen (secondary N) is 1. The van der Waals surface area contributed by atoms with Crippen LogP contribution in [0.5, 0.6) is 5.75 Å². The summed E-state index contributed by atoms with van der Waals surface area (Å²) in [4.78, 5) is 0. The highest BCUT2D eigenvalue weighted by Crippen LogP contribution is 2.09. The van der Waals surface area contributed by atoms with E-state index in [1.807, 2.05) is 37.3 Å². The topological polar surface area (TPSA) is 21.3 Å². The van der Waals surface area contributed by atoms with Gasteiger partial charge in [0.25, 0.3) is 0 Å². The zero-order valence-corrected chi connectivity index (χ0v) is 10.7. The van der Waals surface area contributed by atoms with Crippen LogP contribution in [-0.2, 0) is 0 Å². The Bertz CT molecular complexity index is 350. The Balaban J connectivity index is 2.39. The maximum atomic E-state index is 5.73. The van der Waals surface area contributed by atoms with Gasteiger partial charge in [0.15, 0.2) is 0 Å². The molecule has 0 amide bonds. The van der Waals surface area contributed by atoms with Crippen molar-refractivity contribution in [2.75, 3.05) is 13.2 Å². The van der Waals surface area contributed by atoms with Crippen molar-refractivity contribution in [3.8, 4) is 17.6 Å². The maximum absolute atomic E-state index is 5.73. The number of benzene rings is 1. The van der Waals surface area contributed by atoms with Gasteiger partial charge in [-0.2, -0.15) is 0 Å². The van der Waals surface area contributed by atoms with Crippen molar-refractivity contribution in [1.82, 2.24) is 5.32 Å². The minimum Gasteiger partial charge on any atom is -0.492 e. The fourth-order valence-electron chi connectivity index (χ4n) is 1.48. The van der Waals surface area contributed by atoms with Gasteiger partial charge in [0.2, 0.25) is 0 Å². The van der Waals surface area contributed by atoms with Gasteiger partial charge in [0.05, 0.1) is 6.04 Å². The Labute approximate surface area is 104 Å². The van der Waals surface area contributed by atoms with Gasteiger partial charge < -0.3 is 10.1 Å². The largest absolute Gasteiger partial charge is 0.492 e. The van der Waals surface area contributed by atoms with Gasteiger partial charge in [0.1, 0.15) is 12.4 Å². The van der Waals surface area contributed by atoms with Crippen LogP contribution in [0.2, 0.25) is 0 Å². The van der Waals surface area contributed by atoms with Crippen molar-refractivity contribution in [2.45, 2.75) is 32.7 Å². The fraction of sp³-hybridized carbons (Fsp3) is 0.467. The van der Waals surface area contributed by atoms with E-state index in [9.17, 15) is 0 Å². The average molecular weight is 231 g/mol. The van der Waals surface area contributed by atoms with Gasteiger partial charge in [-0.1, -0.05) is 25.1 Å². The molecular formula is C15H21NO. The van der Waals surface area contributed by atoms with E-state index in [4.69, 9.17) is 4.74 Å². The van der Waals surface area contributed by atoms with E-state index in [1.165, 1.54) is 0 Å². The molecule has 0 heterocycles. The van der Waals surface area contributed by atoms with E-state index in [0.29, 0.717) is 12.6 Å². The molecular weight excluding hydrogens is 210 g/mol. The van der Waals surface area contributed by atoms with Crippen LogP contribution in [0.1, 0.15) is 26.7 Å². The molecule has 1 aromatic rings. The normalized spacial score (nSPS) is 11.4. The second kappa shape index (κ2) is 8.66. The Morgan fingerprint density at radius 2 is 2.06 bits per heavy atom. The first-order valence-corrected chi connectivity index (χ1v) is 6.17. The molecule has 1 atom stereocenters. The van der Waals surface area contributed by atoms with Gasteiger partial charge in [-0.05, 0) is 32.0 Å². The molecule has 2 nitrogen and oxygen atoms in total. The minimum absolute atomic E-state index is 0.308. The van der Waals surface area contributed by atoms with Crippen LogP contribution in [0.4, 0.5) is 0 Å². The molecule has 0 saturated heterocycles. The van der Waals surface area contributed by atoms with Crippen molar-refractivity contribution < 1.29 is 4.74 Å². The molecule has 0 spiro atoms. The molecule has 1 unspecified atom stereocenters. The molecule has 2 heteroatoms. The second-order valence-corrected chi connectivity index (χ2v) is 3.91. The van der Waals surface area contributed by atoms with Crippen molar-refractivity contribution in [3.63, 3.8) is 0 Å². The monoisotopic (exact) mass is 231 g/mol. The molecule has 0 fully saturated rings. The molecule has 0 bridgehead atoms. The van der Waals surface area contributed by atoms with E-state index in [2.05, 4.69) is 24.1 Å². The molecule has 1 N–H and O–H groups in total. The molecule has 0 aliphatic carbocycles. The van der Waals surface area contributed by atoms with Crippen LogP contribution in [-0.4, -0.2) is 19.2 Å². The van der Waals surface area contributed by atoms with E-state index in [-0.39, 0.29) is 0 Å². The molecule has 1 rings (SSSR count). The number of rotatable bonds is 7.